The van der Waals surface area contributed by atoms with Crippen molar-refractivity contribution in [1.82, 2.24) is 10.3 Å². The van der Waals surface area contributed by atoms with E-state index in [4.69, 9.17) is 4.98 Å². The molecule has 4 rings (SSSR count). The van der Waals surface area contributed by atoms with E-state index in [1.807, 2.05) is 0 Å². The van der Waals surface area contributed by atoms with Gasteiger partial charge < -0.3 is 0 Å². The first-order valence-electron chi connectivity index (χ1n) is 7.69. The summed E-state index contributed by atoms with van der Waals surface area (Å²) >= 11 is 5.21. The van der Waals surface area contributed by atoms with Gasteiger partial charge >= 0.3 is 0 Å². The molecular weight excluding hydrogens is 352 g/mol. The van der Waals surface area contributed by atoms with E-state index in [-0.39, 0.29) is 6.04 Å². The molecule has 0 aliphatic rings. The normalized spacial score (nSPS) is 12.3. The zero-order valence-electron chi connectivity index (χ0n) is 12.9. The highest BCUT2D eigenvalue weighted by atomic mass is 32.1. The Morgan fingerprint density at radius 3 is 2.58 bits per heavy atom. The second-order valence-corrected chi connectivity index (χ2v) is 8.01. The van der Waals surface area contributed by atoms with Crippen molar-refractivity contribution in [3.8, 4) is 10.6 Å². The van der Waals surface area contributed by atoms with E-state index in [2.05, 4.69) is 75.4 Å². The van der Waals surface area contributed by atoms with Crippen molar-refractivity contribution < 1.29 is 0 Å². The SMILES string of the molecule is c1ccc([C@H](NCc2csc(-c3ccsc3)n2)c2cccs2)cc1. The minimum Gasteiger partial charge on any atom is -0.300 e. The number of thiophene rings is 2. The standard InChI is InChI=1S/C19H16N2S3/c1-2-5-14(6-3-1)18(17-7-4-9-23-17)20-11-16-13-24-19(21-16)15-8-10-22-12-15/h1-10,12-13,18,20H,11H2/t18-/m0/s1. The quantitative estimate of drug-likeness (QED) is 0.464. The van der Waals surface area contributed by atoms with E-state index in [1.165, 1.54) is 16.0 Å². The fourth-order valence-corrected chi connectivity index (χ4v) is 4.96. The van der Waals surface area contributed by atoms with Crippen LogP contribution >= 0.6 is 34.0 Å². The second-order valence-electron chi connectivity index (χ2n) is 5.40. The highest BCUT2D eigenvalue weighted by Crippen LogP contribution is 2.28. The Morgan fingerprint density at radius 1 is 0.917 bits per heavy atom. The van der Waals surface area contributed by atoms with E-state index in [0.717, 1.165) is 17.2 Å². The minimum absolute atomic E-state index is 0.206. The van der Waals surface area contributed by atoms with Crippen LogP contribution < -0.4 is 5.32 Å². The Morgan fingerprint density at radius 2 is 1.83 bits per heavy atom. The number of nitrogens with one attached hydrogen (secondary N) is 1. The molecular formula is C19H16N2S3. The average Bonchev–Trinajstić information content (AvgIpc) is 3.38. The summed E-state index contributed by atoms with van der Waals surface area (Å²) in [5.74, 6) is 0. The summed E-state index contributed by atoms with van der Waals surface area (Å²) < 4.78 is 0. The van der Waals surface area contributed by atoms with Crippen molar-refractivity contribution in [1.29, 1.82) is 0 Å². The van der Waals surface area contributed by atoms with Gasteiger partial charge in [-0.25, -0.2) is 4.98 Å². The number of hydrogen-bond donors (Lipinski definition) is 1. The predicted octanol–water partition coefficient (Wildman–Crippen LogP) is 5.81. The fraction of sp³-hybridized carbons (Fsp3) is 0.105. The Kier molecular flexibility index (Phi) is 4.85. The number of aromatic nitrogens is 1. The van der Waals surface area contributed by atoms with Crippen LogP contribution in [-0.2, 0) is 6.54 Å². The Hall–Kier alpha value is -1.79. The maximum Gasteiger partial charge on any atom is 0.124 e. The predicted molar refractivity (Wildman–Crippen MR) is 105 cm³/mol. The molecule has 3 heterocycles. The van der Waals surface area contributed by atoms with E-state index in [0.29, 0.717) is 0 Å². The molecule has 0 saturated carbocycles. The Labute approximate surface area is 153 Å². The summed E-state index contributed by atoms with van der Waals surface area (Å²) in [7, 11) is 0. The summed E-state index contributed by atoms with van der Waals surface area (Å²) in [5.41, 5.74) is 3.60. The highest BCUT2D eigenvalue weighted by molar-refractivity contribution is 7.14. The molecule has 0 aliphatic heterocycles. The molecule has 5 heteroatoms. The van der Waals surface area contributed by atoms with Gasteiger partial charge in [-0.2, -0.15) is 11.3 Å². The van der Waals surface area contributed by atoms with Crippen molar-refractivity contribution in [2.24, 2.45) is 0 Å². The molecule has 0 aliphatic carbocycles. The minimum atomic E-state index is 0.206. The molecule has 0 saturated heterocycles. The molecule has 0 unspecified atom stereocenters. The Balaban J connectivity index is 1.52. The first-order valence-corrected chi connectivity index (χ1v) is 10.4. The van der Waals surface area contributed by atoms with E-state index in [9.17, 15) is 0 Å². The maximum atomic E-state index is 4.77. The lowest BCUT2D eigenvalue weighted by molar-refractivity contribution is 0.606. The number of hydrogen-bond acceptors (Lipinski definition) is 5. The largest absolute Gasteiger partial charge is 0.300 e. The molecule has 0 amide bonds. The van der Waals surface area contributed by atoms with Gasteiger partial charge in [0.2, 0.25) is 0 Å². The fourth-order valence-electron chi connectivity index (χ4n) is 2.60. The summed E-state index contributed by atoms with van der Waals surface area (Å²) in [6, 6.07) is 17.2. The topological polar surface area (TPSA) is 24.9 Å². The van der Waals surface area contributed by atoms with Gasteiger partial charge in [0, 0.05) is 27.7 Å². The maximum absolute atomic E-state index is 4.77. The smallest absolute Gasteiger partial charge is 0.124 e. The zero-order valence-corrected chi connectivity index (χ0v) is 15.3. The van der Waals surface area contributed by atoms with Gasteiger partial charge in [-0.1, -0.05) is 36.4 Å². The Bertz CT molecular complexity index is 865. The van der Waals surface area contributed by atoms with E-state index >= 15 is 0 Å². The molecule has 1 aromatic carbocycles. The van der Waals surface area contributed by atoms with Gasteiger partial charge in [-0.05, 0) is 28.5 Å². The molecule has 1 atom stereocenters. The van der Waals surface area contributed by atoms with Gasteiger partial charge in [-0.3, -0.25) is 5.32 Å². The van der Waals surface area contributed by atoms with Crippen molar-refractivity contribution in [2.75, 3.05) is 0 Å². The first kappa shape index (κ1) is 15.7. The lowest BCUT2D eigenvalue weighted by Gasteiger charge is -2.17. The van der Waals surface area contributed by atoms with Crippen molar-refractivity contribution in [3.05, 3.63) is 86.2 Å². The van der Waals surface area contributed by atoms with Crippen LogP contribution in [0.25, 0.3) is 10.6 Å². The van der Waals surface area contributed by atoms with Crippen LogP contribution in [-0.4, -0.2) is 4.98 Å². The molecule has 4 aromatic rings. The lowest BCUT2D eigenvalue weighted by atomic mass is 10.1. The van der Waals surface area contributed by atoms with Crippen molar-refractivity contribution >= 4 is 34.0 Å². The number of rotatable bonds is 6. The van der Waals surface area contributed by atoms with Gasteiger partial charge in [-0.15, -0.1) is 22.7 Å². The number of thiazole rings is 1. The van der Waals surface area contributed by atoms with Crippen LogP contribution in [0, 0.1) is 0 Å². The summed E-state index contributed by atoms with van der Waals surface area (Å²) in [5, 5.41) is 13.3. The van der Waals surface area contributed by atoms with Gasteiger partial charge in [0.25, 0.3) is 0 Å². The van der Waals surface area contributed by atoms with Crippen LogP contribution in [0.5, 0.6) is 0 Å². The third-order valence-electron chi connectivity index (χ3n) is 3.77. The van der Waals surface area contributed by atoms with Crippen LogP contribution in [0.3, 0.4) is 0 Å². The summed E-state index contributed by atoms with van der Waals surface area (Å²) in [6.07, 6.45) is 0. The summed E-state index contributed by atoms with van der Waals surface area (Å²) in [6.45, 7) is 0.762. The van der Waals surface area contributed by atoms with Crippen LogP contribution in [0.2, 0.25) is 0 Å². The lowest BCUT2D eigenvalue weighted by Crippen LogP contribution is -2.21. The molecule has 0 spiro atoms. The third-order valence-corrected chi connectivity index (χ3v) is 6.33. The van der Waals surface area contributed by atoms with E-state index < -0.39 is 0 Å². The van der Waals surface area contributed by atoms with E-state index in [1.54, 1.807) is 34.0 Å². The zero-order chi connectivity index (χ0) is 16.2. The number of nitrogens with zero attached hydrogens (tertiary/aromatic N) is 1. The molecule has 120 valence electrons. The third kappa shape index (κ3) is 3.49. The molecule has 0 fully saturated rings. The monoisotopic (exact) mass is 368 g/mol. The molecule has 3 aromatic heterocycles. The van der Waals surface area contributed by atoms with Crippen molar-refractivity contribution in [3.63, 3.8) is 0 Å². The first-order chi connectivity index (χ1) is 11.9. The average molecular weight is 369 g/mol. The number of benzene rings is 1. The van der Waals surface area contributed by atoms with Crippen molar-refractivity contribution in [2.45, 2.75) is 12.6 Å². The molecule has 0 bridgehead atoms. The van der Waals surface area contributed by atoms with Gasteiger partial charge in [0.15, 0.2) is 0 Å². The van der Waals surface area contributed by atoms with Gasteiger partial charge in [0.1, 0.15) is 5.01 Å². The van der Waals surface area contributed by atoms with Crippen LogP contribution in [0.1, 0.15) is 22.2 Å². The van der Waals surface area contributed by atoms with Gasteiger partial charge in [0.05, 0.1) is 11.7 Å². The highest BCUT2D eigenvalue weighted by Gasteiger charge is 2.15. The molecule has 24 heavy (non-hydrogen) atoms. The van der Waals surface area contributed by atoms with Crippen LogP contribution in [0.15, 0.2) is 70.1 Å². The molecule has 1 N–H and O–H groups in total. The van der Waals surface area contributed by atoms with Crippen LogP contribution in [0.4, 0.5) is 0 Å². The second kappa shape index (κ2) is 7.40. The summed E-state index contributed by atoms with van der Waals surface area (Å²) in [4.78, 5) is 6.09. The molecule has 0 radical (unpaired) electrons. The molecule has 2 nitrogen and oxygen atoms in total.